The number of benzene rings is 1. The first-order chi connectivity index (χ1) is 8.83. The van der Waals surface area contributed by atoms with Crippen LogP contribution in [0.3, 0.4) is 0 Å². The maximum Gasteiger partial charge on any atom is 0.166 e. The van der Waals surface area contributed by atoms with Gasteiger partial charge in [0.25, 0.3) is 0 Å². The summed E-state index contributed by atoms with van der Waals surface area (Å²) in [6, 6.07) is 6.01. The highest BCUT2D eigenvalue weighted by Crippen LogP contribution is 2.32. The van der Waals surface area contributed by atoms with Crippen LogP contribution in [0.15, 0.2) is 18.2 Å². The van der Waals surface area contributed by atoms with Crippen LogP contribution in [-0.4, -0.2) is 19.8 Å². The van der Waals surface area contributed by atoms with Crippen molar-refractivity contribution in [3.05, 3.63) is 23.8 Å². The molecule has 0 saturated carbocycles. The molecule has 0 aliphatic rings. The van der Waals surface area contributed by atoms with E-state index in [0.717, 1.165) is 30.2 Å². The minimum Gasteiger partial charge on any atom is -0.493 e. The lowest BCUT2D eigenvalue weighted by atomic mass is 9.97. The fourth-order valence-corrected chi connectivity index (χ4v) is 1.80. The topological polar surface area (TPSA) is 30.5 Å². The molecule has 0 unspecified atom stereocenters. The van der Waals surface area contributed by atoms with Gasteiger partial charge < -0.3 is 14.8 Å². The second-order valence-electron chi connectivity index (χ2n) is 6.28. The molecule has 1 aromatic rings. The molecular weight excluding hydrogens is 238 g/mol. The van der Waals surface area contributed by atoms with Gasteiger partial charge in [0.2, 0.25) is 0 Å². The van der Waals surface area contributed by atoms with Gasteiger partial charge in [0.1, 0.15) is 0 Å². The van der Waals surface area contributed by atoms with Crippen molar-refractivity contribution >= 4 is 0 Å². The molecule has 19 heavy (non-hydrogen) atoms. The van der Waals surface area contributed by atoms with Crippen molar-refractivity contribution in [2.75, 3.05) is 13.7 Å². The Kier molecular flexibility index (Phi) is 5.67. The molecule has 0 bridgehead atoms. The van der Waals surface area contributed by atoms with Crippen LogP contribution in [-0.2, 0) is 6.54 Å². The lowest BCUT2D eigenvalue weighted by molar-refractivity contribution is 0.227. The first kappa shape index (κ1) is 15.8. The summed E-state index contributed by atoms with van der Waals surface area (Å²) in [5.41, 5.74) is 1.41. The minimum absolute atomic E-state index is 0.137. The zero-order valence-corrected chi connectivity index (χ0v) is 13.0. The van der Waals surface area contributed by atoms with Crippen molar-refractivity contribution in [3.8, 4) is 11.5 Å². The standard InChI is InChI=1S/C16H27NO2/c1-12(2)19-15-13(8-7-9-14(15)18-6)10-17-11-16(3,4)5/h7-9,12,17H,10-11H2,1-6H3. The van der Waals surface area contributed by atoms with Crippen LogP contribution in [0.4, 0.5) is 0 Å². The molecule has 0 atom stereocenters. The molecule has 1 rings (SSSR count). The Balaban J connectivity index is 2.81. The SMILES string of the molecule is COc1cccc(CNCC(C)(C)C)c1OC(C)C. The Morgan fingerprint density at radius 1 is 1.21 bits per heavy atom. The van der Waals surface area contributed by atoms with E-state index in [1.54, 1.807) is 7.11 Å². The second kappa shape index (κ2) is 6.80. The van der Waals surface area contributed by atoms with Gasteiger partial charge in [-0.1, -0.05) is 32.9 Å². The molecule has 0 aliphatic carbocycles. The first-order valence-electron chi connectivity index (χ1n) is 6.87. The van der Waals surface area contributed by atoms with E-state index < -0.39 is 0 Å². The largest absolute Gasteiger partial charge is 0.493 e. The Morgan fingerprint density at radius 3 is 2.42 bits per heavy atom. The molecular formula is C16H27NO2. The van der Waals surface area contributed by atoms with Gasteiger partial charge in [-0.3, -0.25) is 0 Å². The predicted octanol–water partition coefficient (Wildman–Crippen LogP) is 3.62. The fraction of sp³-hybridized carbons (Fsp3) is 0.625. The van der Waals surface area contributed by atoms with Crippen molar-refractivity contribution in [2.45, 2.75) is 47.3 Å². The van der Waals surface area contributed by atoms with E-state index in [9.17, 15) is 0 Å². The van der Waals surface area contributed by atoms with Gasteiger partial charge in [0.05, 0.1) is 13.2 Å². The number of rotatable bonds is 6. The van der Waals surface area contributed by atoms with Gasteiger partial charge >= 0.3 is 0 Å². The highest BCUT2D eigenvalue weighted by Gasteiger charge is 2.14. The highest BCUT2D eigenvalue weighted by atomic mass is 16.5. The van der Waals surface area contributed by atoms with Gasteiger partial charge in [-0.25, -0.2) is 0 Å². The summed E-state index contributed by atoms with van der Waals surface area (Å²) in [5.74, 6) is 1.64. The van der Waals surface area contributed by atoms with Gasteiger partial charge in [-0.05, 0) is 25.3 Å². The van der Waals surface area contributed by atoms with E-state index in [-0.39, 0.29) is 11.5 Å². The first-order valence-corrected chi connectivity index (χ1v) is 6.87. The molecule has 0 aliphatic heterocycles. The monoisotopic (exact) mass is 265 g/mol. The number of ether oxygens (including phenoxy) is 2. The zero-order valence-electron chi connectivity index (χ0n) is 13.0. The summed E-state index contributed by atoms with van der Waals surface area (Å²) in [5, 5.41) is 3.47. The molecule has 0 fully saturated rings. The number of methoxy groups -OCH3 is 1. The van der Waals surface area contributed by atoms with Crippen molar-refractivity contribution in [2.24, 2.45) is 5.41 Å². The Labute approximate surface area is 117 Å². The summed E-state index contributed by atoms with van der Waals surface area (Å²) in [6.45, 7) is 12.5. The Hall–Kier alpha value is -1.22. The Bertz CT molecular complexity index is 394. The summed E-state index contributed by atoms with van der Waals surface area (Å²) in [6.07, 6.45) is 0.137. The molecule has 0 aromatic heterocycles. The van der Waals surface area contributed by atoms with Crippen LogP contribution in [0, 0.1) is 5.41 Å². The maximum absolute atomic E-state index is 5.89. The maximum atomic E-state index is 5.89. The predicted molar refractivity (Wildman–Crippen MR) is 79.9 cm³/mol. The fourth-order valence-electron chi connectivity index (χ4n) is 1.80. The van der Waals surface area contributed by atoms with Crippen molar-refractivity contribution in [1.29, 1.82) is 0 Å². The van der Waals surface area contributed by atoms with E-state index in [0.29, 0.717) is 0 Å². The summed E-state index contributed by atoms with van der Waals surface area (Å²) in [7, 11) is 1.68. The summed E-state index contributed by atoms with van der Waals surface area (Å²) >= 11 is 0. The highest BCUT2D eigenvalue weighted by molar-refractivity contribution is 5.46. The normalized spacial score (nSPS) is 11.7. The van der Waals surface area contributed by atoms with Crippen molar-refractivity contribution < 1.29 is 9.47 Å². The lowest BCUT2D eigenvalue weighted by Crippen LogP contribution is -2.26. The van der Waals surface area contributed by atoms with Gasteiger partial charge in [-0.2, -0.15) is 0 Å². The van der Waals surface area contributed by atoms with E-state index in [2.05, 4.69) is 32.2 Å². The molecule has 0 radical (unpaired) electrons. The van der Waals surface area contributed by atoms with Crippen LogP contribution in [0.1, 0.15) is 40.2 Å². The molecule has 1 N–H and O–H groups in total. The second-order valence-corrected chi connectivity index (χ2v) is 6.28. The third-order valence-electron chi connectivity index (χ3n) is 2.60. The summed E-state index contributed by atoms with van der Waals surface area (Å²) in [4.78, 5) is 0. The third kappa shape index (κ3) is 5.52. The molecule has 0 heterocycles. The van der Waals surface area contributed by atoms with E-state index in [4.69, 9.17) is 9.47 Å². The van der Waals surface area contributed by atoms with Crippen molar-refractivity contribution in [3.63, 3.8) is 0 Å². The number of hydrogen-bond acceptors (Lipinski definition) is 3. The Morgan fingerprint density at radius 2 is 1.89 bits per heavy atom. The van der Waals surface area contributed by atoms with Gasteiger partial charge in [-0.15, -0.1) is 0 Å². The number of para-hydroxylation sites is 1. The quantitative estimate of drug-likeness (QED) is 0.852. The average Bonchev–Trinajstić information content (AvgIpc) is 2.28. The third-order valence-corrected chi connectivity index (χ3v) is 2.60. The molecule has 3 heteroatoms. The molecule has 0 spiro atoms. The van der Waals surface area contributed by atoms with Crippen LogP contribution in [0.2, 0.25) is 0 Å². The lowest BCUT2D eigenvalue weighted by Gasteiger charge is -2.21. The van der Waals surface area contributed by atoms with Gasteiger partial charge in [0, 0.05) is 18.7 Å². The smallest absolute Gasteiger partial charge is 0.166 e. The van der Waals surface area contributed by atoms with Crippen molar-refractivity contribution in [1.82, 2.24) is 5.32 Å². The van der Waals surface area contributed by atoms with Crippen LogP contribution < -0.4 is 14.8 Å². The molecule has 1 aromatic carbocycles. The minimum atomic E-state index is 0.137. The number of nitrogens with one attached hydrogen (secondary N) is 1. The molecule has 108 valence electrons. The van der Waals surface area contributed by atoms with E-state index >= 15 is 0 Å². The number of hydrogen-bond donors (Lipinski definition) is 1. The van der Waals surface area contributed by atoms with Crippen LogP contribution in [0.25, 0.3) is 0 Å². The molecule has 0 saturated heterocycles. The van der Waals surface area contributed by atoms with Gasteiger partial charge in [0.15, 0.2) is 11.5 Å². The van der Waals surface area contributed by atoms with E-state index in [1.165, 1.54) is 0 Å². The van der Waals surface area contributed by atoms with Crippen LogP contribution in [0.5, 0.6) is 11.5 Å². The molecule has 3 nitrogen and oxygen atoms in total. The van der Waals surface area contributed by atoms with Crippen LogP contribution >= 0.6 is 0 Å². The molecule has 0 amide bonds. The zero-order chi connectivity index (χ0) is 14.5. The average molecular weight is 265 g/mol. The van der Waals surface area contributed by atoms with E-state index in [1.807, 2.05) is 26.0 Å². The summed E-state index contributed by atoms with van der Waals surface area (Å²) < 4.78 is 11.3.